The predicted octanol–water partition coefficient (Wildman–Crippen LogP) is 3.87. The van der Waals surface area contributed by atoms with E-state index in [1.165, 1.54) is 12.4 Å². The van der Waals surface area contributed by atoms with E-state index in [-0.39, 0.29) is 23.9 Å². The number of hydrogen-bond donors (Lipinski definition) is 1. The van der Waals surface area contributed by atoms with Crippen LogP contribution in [0.2, 0.25) is 5.02 Å². The molecule has 0 saturated carbocycles. The van der Waals surface area contributed by atoms with Gasteiger partial charge >= 0.3 is 6.03 Å². The summed E-state index contributed by atoms with van der Waals surface area (Å²) in [5.41, 5.74) is 1.38. The number of amides is 2. The van der Waals surface area contributed by atoms with Crippen LogP contribution in [0.25, 0.3) is 0 Å². The fraction of sp³-hybridized carbons (Fsp3) is 0.476. The second-order valence-corrected chi connectivity index (χ2v) is 7.61. The zero-order valence-corrected chi connectivity index (χ0v) is 17.6. The van der Waals surface area contributed by atoms with Crippen molar-refractivity contribution < 1.29 is 9.18 Å². The number of rotatable bonds is 6. The molecule has 1 aliphatic rings. The first-order valence-electron chi connectivity index (χ1n) is 10.0. The Morgan fingerprint density at radius 2 is 1.93 bits per heavy atom. The van der Waals surface area contributed by atoms with Gasteiger partial charge in [0.25, 0.3) is 0 Å². The molecule has 2 amide bonds. The Morgan fingerprint density at radius 1 is 1.28 bits per heavy atom. The Kier molecular flexibility index (Phi) is 7.39. The van der Waals surface area contributed by atoms with Crippen LogP contribution < -0.4 is 5.32 Å². The third-order valence-corrected chi connectivity index (χ3v) is 5.66. The molecule has 8 heteroatoms. The van der Waals surface area contributed by atoms with Crippen LogP contribution in [-0.2, 0) is 0 Å². The van der Waals surface area contributed by atoms with Gasteiger partial charge in [0.2, 0.25) is 0 Å². The molecule has 3 rings (SSSR count). The largest absolute Gasteiger partial charge is 0.335 e. The maximum atomic E-state index is 14.7. The van der Waals surface area contributed by atoms with Gasteiger partial charge in [-0.15, -0.1) is 0 Å². The lowest BCUT2D eigenvalue weighted by atomic mass is 9.95. The molecule has 1 aromatic heterocycles. The number of likely N-dealkylation sites (tertiary alicyclic amines) is 1. The highest BCUT2D eigenvalue weighted by atomic mass is 35.5. The molecule has 1 unspecified atom stereocenters. The summed E-state index contributed by atoms with van der Waals surface area (Å²) in [5.74, 6) is -0.344. The zero-order valence-electron chi connectivity index (χ0n) is 16.8. The minimum atomic E-state index is -0.344. The molecule has 2 heterocycles. The third-order valence-electron chi connectivity index (χ3n) is 5.43. The molecule has 0 aliphatic carbocycles. The Bertz CT molecular complexity index is 810. The molecule has 156 valence electrons. The van der Waals surface area contributed by atoms with E-state index in [1.807, 2.05) is 13.8 Å². The maximum absolute atomic E-state index is 14.7. The van der Waals surface area contributed by atoms with E-state index in [4.69, 9.17) is 11.6 Å². The van der Waals surface area contributed by atoms with Gasteiger partial charge < -0.3 is 10.2 Å². The normalized spacial score (nSPS) is 16.4. The number of urea groups is 1. The SMILES string of the molecule is CCN(CC)C(=O)NC1CCN(C(c2cncnc2)c2ccc(Cl)cc2F)CC1. The van der Waals surface area contributed by atoms with Crippen molar-refractivity contribution in [2.24, 2.45) is 0 Å². The van der Waals surface area contributed by atoms with Gasteiger partial charge in [-0.1, -0.05) is 17.7 Å². The molecule has 1 saturated heterocycles. The topological polar surface area (TPSA) is 61.4 Å². The summed E-state index contributed by atoms with van der Waals surface area (Å²) < 4.78 is 14.7. The van der Waals surface area contributed by atoms with Crippen LogP contribution in [-0.4, -0.2) is 58.0 Å². The summed E-state index contributed by atoms with van der Waals surface area (Å²) in [7, 11) is 0. The van der Waals surface area contributed by atoms with Gasteiger partial charge in [0.05, 0.1) is 6.04 Å². The number of carbonyl (C=O) groups excluding carboxylic acids is 1. The van der Waals surface area contributed by atoms with Gasteiger partial charge in [0, 0.05) is 60.8 Å². The van der Waals surface area contributed by atoms with Crippen molar-refractivity contribution >= 4 is 17.6 Å². The third kappa shape index (κ3) is 5.22. The minimum absolute atomic E-state index is 0.0230. The van der Waals surface area contributed by atoms with Crippen LogP contribution in [0.5, 0.6) is 0 Å². The highest BCUT2D eigenvalue weighted by Gasteiger charge is 2.30. The van der Waals surface area contributed by atoms with Crippen LogP contribution in [0.3, 0.4) is 0 Å². The van der Waals surface area contributed by atoms with Crippen molar-refractivity contribution in [1.82, 2.24) is 25.1 Å². The van der Waals surface area contributed by atoms with Crippen LogP contribution in [0.15, 0.2) is 36.9 Å². The smallest absolute Gasteiger partial charge is 0.317 e. The van der Waals surface area contributed by atoms with E-state index < -0.39 is 0 Å². The fourth-order valence-corrected chi connectivity index (χ4v) is 4.00. The standard InChI is InChI=1S/C21H27ClFN5O/c1-3-27(4-2)21(29)26-17-7-9-28(10-8-17)20(15-12-24-14-25-13-15)18-6-5-16(22)11-19(18)23/h5-6,11-14,17,20H,3-4,7-10H2,1-2H3,(H,26,29). The summed E-state index contributed by atoms with van der Waals surface area (Å²) in [4.78, 5) is 24.6. The Labute approximate surface area is 176 Å². The van der Waals surface area contributed by atoms with E-state index in [0.29, 0.717) is 23.7 Å². The molecular formula is C21H27ClFN5O. The number of nitrogens with zero attached hydrogens (tertiary/aromatic N) is 4. The lowest BCUT2D eigenvalue weighted by molar-refractivity contribution is 0.153. The second kappa shape index (κ2) is 9.98. The van der Waals surface area contributed by atoms with Crippen LogP contribution >= 0.6 is 11.6 Å². The molecule has 1 fully saturated rings. The molecule has 1 aromatic carbocycles. The number of piperidine rings is 1. The molecule has 1 aliphatic heterocycles. The van der Waals surface area contributed by atoms with Gasteiger partial charge in [-0.3, -0.25) is 4.90 Å². The Hall–Kier alpha value is -2.25. The van der Waals surface area contributed by atoms with Crippen molar-refractivity contribution in [3.63, 3.8) is 0 Å². The van der Waals surface area contributed by atoms with Gasteiger partial charge in [0.15, 0.2) is 0 Å². The molecule has 1 N–H and O–H groups in total. The van der Waals surface area contributed by atoms with Crippen LogP contribution in [0.4, 0.5) is 9.18 Å². The Balaban J connectivity index is 1.75. The number of benzene rings is 1. The second-order valence-electron chi connectivity index (χ2n) is 7.17. The maximum Gasteiger partial charge on any atom is 0.317 e. The van der Waals surface area contributed by atoms with Crippen LogP contribution in [0, 0.1) is 5.82 Å². The van der Waals surface area contributed by atoms with Crippen LogP contribution in [0.1, 0.15) is 43.9 Å². The first kappa shape index (κ1) is 21.5. The van der Waals surface area contributed by atoms with Gasteiger partial charge in [-0.25, -0.2) is 19.2 Å². The van der Waals surface area contributed by atoms with Gasteiger partial charge in [0.1, 0.15) is 12.1 Å². The molecule has 0 bridgehead atoms. The molecule has 29 heavy (non-hydrogen) atoms. The summed E-state index contributed by atoms with van der Waals surface area (Å²) in [5, 5.41) is 3.49. The number of nitrogens with one attached hydrogen (secondary N) is 1. The van der Waals surface area contributed by atoms with Crippen molar-refractivity contribution in [2.45, 2.75) is 38.8 Å². The molecule has 0 radical (unpaired) electrons. The van der Waals surface area contributed by atoms with Gasteiger partial charge in [-0.05, 0) is 38.8 Å². The van der Waals surface area contributed by atoms with E-state index in [2.05, 4.69) is 20.2 Å². The van der Waals surface area contributed by atoms with E-state index in [0.717, 1.165) is 31.5 Å². The zero-order chi connectivity index (χ0) is 20.8. The number of halogens is 2. The van der Waals surface area contributed by atoms with Crippen molar-refractivity contribution in [2.75, 3.05) is 26.2 Å². The number of hydrogen-bond acceptors (Lipinski definition) is 4. The lowest BCUT2D eigenvalue weighted by Crippen LogP contribution is -2.49. The number of carbonyl (C=O) groups is 1. The van der Waals surface area contributed by atoms with E-state index >= 15 is 0 Å². The molecule has 2 aromatic rings. The highest BCUT2D eigenvalue weighted by molar-refractivity contribution is 6.30. The average molecular weight is 420 g/mol. The lowest BCUT2D eigenvalue weighted by Gasteiger charge is -2.38. The van der Waals surface area contributed by atoms with E-state index in [1.54, 1.807) is 29.4 Å². The van der Waals surface area contributed by atoms with Gasteiger partial charge in [-0.2, -0.15) is 0 Å². The quantitative estimate of drug-likeness (QED) is 0.772. The fourth-order valence-electron chi connectivity index (χ4n) is 3.84. The van der Waals surface area contributed by atoms with Crippen molar-refractivity contribution in [3.05, 3.63) is 58.9 Å². The average Bonchev–Trinajstić information content (AvgIpc) is 2.73. The minimum Gasteiger partial charge on any atom is -0.335 e. The van der Waals surface area contributed by atoms with Crippen molar-refractivity contribution in [1.29, 1.82) is 0 Å². The molecular weight excluding hydrogens is 393 g/mol. The predicted molar refractivity (Wildman–Crippen MR) is 111 cm³/mol. The first-order chi connectivity index (χ1) is 14.0. The summed E-state index contributed by atoms with van der Waals surface area (Å²) >= 11 is 5.95. The van der Waals surface area contributed by atoms with Crippen molar-refractivity contribution in [3.8, 4) is 0 Å². The van der Waals surface area contributed by atoms with E-state index in [9.17, 15) is 9.18 Å². The molecule has 6 nitrogen and oxygen atoms in total. The number of aromatic nitrogens is 2. The summed E-state index contributed by atoms with van der Waals surface area (Å²) in [6.45, 7) is 6.77. The molecule has 1 atom stereocenters. The first-order valence-corrected chi connectivity index (χ1v) is 10.4. The monoisotopic (exact) mass is 419 g/mol. The highest BCUT2D eigenvalue weighted by Crippen LogP contribution is 2.33. The summed E-state index contributed by atoms with van der Waals surface area (Å²) in [6.07, 6.45) is 6.51. The Morgan fingerprint density at radius 3 is 2.52 bits per heavy atom. The molecule has 0 spiro atoms. The summed E-state index contributed by atoms with van der Waals surface area (Å²) in [6, 6.07) is 4.56.